The molecule has 0 saturated heterocycles. The van der Waals surface area contributed by atoms with Crippen LogP contribution in [0, 0.1) is 17.3 Å². The summed E-state index contributed by atoms with van der Waals surface area (Å²) in [5.74, 6) is 0.789. The molecule has 0 spiro atoms. The maximum atomic E-state index is 12.3. The maximum absolute atomic E-state index is 12.3. The summed E-state index contributed by atoms with van der Waals surface area (Å²) in [6.07, 6.45) is 8.07. The van der Waals surface area contributed by atoms with E-state index in [1.54, 1.807) is 7.11 Å². The van der Waals surface area contributed by atoms with Crippen LogP contribution in [0.2, 0.25) is 0 Å². The molecule has 0 aliphatic heterocycles. The van der Waals surface area contributed by atoms with Gasteiger partial charge < -0.3 is 15.8 Å². The van der Waals surface area contributed by atoms with Crippen molar-refractivity contribution in [1.82, 2.24) is 5.32 Å². The number of methoxy groups -OCH3 is 1. The Kier molecular flexibility index (Phi) is 5.22. The first-order chi connectivity index (χ1) is 9.21. The molecule has 2 saturated carbocycles. The second kappa shape index (κ2) is 6.71. The van der Waals surface area contributed by atoms with Gasteiger partial charge in [-0.3, -0.25) is 4.79 Å². The molecule has 0 bridgehead atoms. The van der Waals surface area contributed by atoms with Crippen molar-refractivity contribution in [3.05, 3.63) is 0 Å². The minimum absolute atomic E-state index is 0.157. The monoisotopic (exact) mass is 268 g/mol. The van der Waals surface area contributed by atoms with Crippen molar-refractivity contribution < 1.29 is 9.53 Å². The van der Waals surface area contributed by atoms with E-state index in [0.717, 1.165) is 38.8 Å². The molecular weight excluding hydrogens is 240 g/mol. The largest absolute Gasteiger partial charge is 0.385 e. The fourth-order valence-electron chi connectivity index (χ4n) is 3.58. The molecule has 2 atom stereocenters. The van der Waals surface area contributed by atoms with Crippen LogP contribution in [0.5, 0.6) is 0 Å². The normalized spacial score (nSPS) is 28.9. The zero-order valence-corrected chi connectivity index (χ0v) is 12.1. The van der Waals surface area contributed by atoms with Gasteiger partial charge in [0.05, 0.1) is 0 Å². The Morgan fingerprint density at radius 2 is 2.16 bits per heavy atom. The predicted octanol–water partition coefficient (Wildman–Crippen LogP) is 1.68. The SMILES string of the molecule is COCCC1(CNC(=O)[C@@H]2CCC[C@@H]2CN)CCC1. The van der Waals surface area contributed by atoms with Crippen LogP contribution in [0.1, 0.15) is 44.9 Å². The van der Waals surface area contributed by atoms with Gasteiger partial charge in [-0.15, -0.1) is 0 Å². The average molecular weight is 268 g/mol. The lowest BCUT2D eigenvalue weighted by molar-refractivity contribution is -0.127. The van der Waals surface area contributed by atoms with Crippen molar-refractivity contribution in [3.8, 4) is 0 Å². The molecule has 1 amide bonds. The highest BCUT2D eigenvalue weighted by molar-refractivity contribution is 5.79. The van der Waals surface area contributed by atoms with Crippen LogP contribution in [-0.4, -0.2) is 32.7 Å². The maximum Gasteiger partial charge on any atom is 0.223 e. The van der Waals surface area contributed by atoms with Crippen molar-refractivity contribution in [2.24, 2.45) is 23.0 Å². The van der Waals surface area contributed by atoms with E-state index in [-0.39, 0.29) is 11.8 Å². The van der Waals surface area contributed by atoms with E-state index in [9.17, 15) is 4.79 Å². The number of ether oxygens (including phenoxy) is 1. The lowest BCUT2D eigenvalue weighted by atomic mass is 9.66. The fraction of sp³-hybridized carbons (Fsp3) is 0.933. The second-order valence-corrected chi connectivity index (χ2v) is 6.35. The number of carbonyl (C=O) groups is 1. The Morgan fingerprint density at radius 1 is 1.37 bits per heavy atom. The molecule has 0 unspecified atom stereocenters. The van der Waals surface area contributed by atoms with Gasteiger partial charge in [-0.1, -0.05) is 12.8 Å². The van der Waals surface area contributed by atoms with Gasteiger partial charge in [0.1, 0.15) is 0 Å². The molecule has 2 aliphatic carbocycles. The van der Waals surface area contributed by atoms with Crippen LogP contribution in [0.25, 0.3) is 0 Å². The summed E-state index contributed by atoms with van der Waals surface area (Å²) < 4.78 is 5.19. The van der Waals surface area contributed by atoms with E-state index in [0.29, 0.717) is 17.9 Å². The van der Waals surface area contributed by atoms with E-state index >= 15 is 0 Å². The number of hydrogen-bond donors (Lipinski definition) is 2. The summed E-state index contributed by atoms with van der Waals surface area (Å²) in [4.78, 5) is 12.3. The average Bonchev–Trinajstić information content (AvgIpc) is 2.85. The molecule has 19 heavy (non-hydrogen) atoms. The first-order valence-electron chi connectivity index (χ1n) is 7.67. The highest BCUT2D eigenvalue weighted by atomic mass is 16.5. The predicted molar refractivity (Wildman–Crippen MR) is 75.7 cm³/mol. The lowest BCUT2D eigenvalue weighted by Crippen LogP contribution is -2.45. The van der Waals surface area contributed by atoms with Gasteiger partial charge in [-0.2, -0.15) is 0 Å². The van der Waals surface area contributed by atoms with Crippen molar-refractivity contribution >= 4 is 5.91 Å². The summed E-state index contributed by atoms with van der Waals surface area (Å²) in [7, 11) is 1.75. The van der Waals surface area contributed by atoms with Crippen LogP contribution in [0.4, 0.5) is 0 Å². The van der Waals surface area contributed by atoms with Gasteiger partial charge in [0.2, 0.25) is 5.91 Å². The minimum Gasteiger partial charge on any atom is -0.385 e. The van der Waals surface area contributed by atoms with Gasteiger partial charge >= 0.3 is 0 Å². The Balaban J connectivity index is 1.79. The molecule has 0 aromatic carbocycles. The third kappa shape index (κ3) is 3.48. The summed E-state index contributed by atoms with van der Waals surface area (Å²) >= 11 is 0. The third-order valence-corrected chi connectivity index (χ3v) is 5.19. The van der Waals surface area contributed by atoms with Crippen molar-refractivity contribution in [2.75, 3.05) is 26.8 Å². The smallest absolute Gasteiger partial charge is 0.223 e. The highest BCUT2D eigenvalue weighted by Crippen LogP contribution is 2.43. The number of carbonyl (C=O) groups excluding carboxylic acids is 1. The van der Waals surface area contributed by atoms with Crippen LogP contribution in [-0.2, 0) is 9.53 Å². The molecule has 2 aliphatic rings. The minimum atomic E-state index is 0.157. The molecule has 4 heteroatoms. The number of amides is 1. The molecule has 0 radical (unpaired) electrons. The Hall–Kier alpha value is -0.610. The summed E-state index contributed by atoms with van der Waals surface area (Å²) in [6, 6.07) is 0. The van der Waals surface area contributed by atoms with Gasteiger partial charge in [0.15, 0.2) is 0 Å². The topological polar surface area (TPSA) is 64.3 Å². The second-order valence-electron chi connectivity index (χ2n) is 6.35. The fourth-order valence-corrected chi connectivity index (χ4v) is 3.58. The van der Waals surface area contributed by atoms with Gasteiger partial charge in [-0.05, 0) is 50.0 Å². The Morgan fingerprint density at radius 3 is 2.74 bits per heavy atom. The highest BCUT2D eigenvalue weighted by Gasteiger charge is 2.38. The van der Waals surface area contributed by atoms with Gasteiger partial charge in [0, 0.05) is 26.2 Å². The van der Waals surface area contributed by atoms with Crippen molar-refractivity contribution in [3.63, 3.8) is 0 Å². The quantitative estimate of drug-likeness (QED) is 0.738. The molecule has 3 N–H and O–H groups in total. The van der Waals surface area contributed by atoms with E-state index in [1.807, 2.05) is 0 Å². The molecule has 2 fully saturated rings. The van der Waals surface area contributed by atoms with Crippen LogP contribution >= 0.6 is 0 Å². The molecule has 0 aromatic rings. The lowest BCUT2D eigenvalue weighted by Gasteiger charge is -2.42. The zero-order chi connectivity index (χ0) is 13.7. The van der Waals surface area contributed by atoms with E-state index in [4.69, 9.17) is 10.5 Å². The molecule has 0 aromatic heterocycles. The summed E-state index contributed by atoms with van der Waals surface area (Å²) in [5, 5.41) is 3.19. The van der Waals surface area contributed by atoms with E-state index < -0.39 is 0 Å². The van der Waals surface area contributed by atoms with Crippen LogP contribution in [0.3, 0.4) is 0 Å². The first kappa shape index (κ1) is 14.8. The molecule has 110 valence electrons. The van der Waals surface area contributed by atoms with Crippen molar-refractivity contribution in [1.29, 1.82) is 0 Å². The number of rotatable bonds is 7. The Bertz CT molecular complexity index is 303. The number of nitrogens with one attached hydrogen (secondary N) is 1. The molecule has 4 nitrogen and oxygen atoms in total. The summed E-state index contributed by atoms with van der Waals surface area (Å²) in [5.41, 5.74) is 6.06. The molecular formula is C15H28N2O2. The van der Waals surface area contributed by atoms with Crippen molar-refractivity contribution in [2.45, 2.75) is 44.9 Å². The van der Waals surface area contributed by atoms with Gasteiger partial charge in [0.25, 0.3) is 0 Å². The Labute approximate surface area is 116 Å². The zero-order valence-electron chi connectivity index (χ0n) is 12.1. The van der Waals surface area contributed by atoms with Crippen LogP contribution < -0.4 is 11.1 Å². The standard InChI is InChI=1S/C15H28N2O2/c1-19-9-8-15(6-3-7-15)11-17-14(18)13-5-2-4-12(13)10-16/h12-13H,2-11,16H2,1H3,(H,17,18)/t12-,13-/m1/s1. The molecule has 0 heterocycles. The number of nitrogens with two attached hydrogens (primary N) is 1. The van der Waals surface area contributed by atoms with Gasteiger partial charge in [-0.25, -0.2) is 0 Å². The first-order valence-corrected chi connectivity index (χ1v) is 7.67. The number of hydrogen-bond acceptors (Lipinski definition) is 3. The van der Waals surface area contributed by atoms with Crippen LogP contribution in [0.15, 0.2) is 0 Å². The third-order valence-electron chi connectivity index (χ3n) is 5.19. The van der Waals surface area contributed by atoms with E-state index in [1.165, 1.54) is 19.3 Å². The molecule has 2 rings (SSSR count). The van der Waals surface area contributed by atoms with E-state index in [2.05, 4.69) is 5.32 Å². The summed E-state index contributed by atoms with van der Waals surface area (Å²) in [6.45, 7) is 2.26.